The van der Waals surface area contributed by atoms with Crippen molar-refractivity contribution in [2.24, 2.45) is 0 Å². The van der Waals surface area contributed by atoms with Crippen molar-refractivity contribution in [1.29, 1.82) is 0 Å². The van der Waals surface area contributed by atoms with Gasteiger partial charge in [0.1, 0.15) is 0 Å². The molecular formula is C13H19Br2NS. The quantitative estimate of drug-likeness (QED) is 0.646. The summed E-state index contributed by atoms with van der Waals surface area (Å²) in [6, 6.07) is 2.96. The third kappa shape index (κ3) is 4.05. The van der Waals surface area contributed by atoms with Crippen molar-refractivity contribution in [1.82, 2.24) is 4.90 Å². The lowest BCUT2D eigenvalue weighted by Gasteiger charge is -2.33. The van der Waals surface area contributed by atoms with E-state index >= 15 is 0 Å². The van der Waals surface area contributed by atoms with Gasteiger partial charge in [-0.3, -0.25) is 4.90 Å². The lowest BCUT2D eigenvalue weighted by atomic mass is 9.94. The van der Waals surface area contributed by atoms with E-state index in [2.05, 4.69) is 48.2 Å². The maximum atomic E-state index is 3.64. The highest BCUT2D eigenvalue weighted by atomic mass is 79.9. The normalized spacial score (nSPS) is 17.8. The van der Waals surface area contributed by atoms with Gasteiger partial charge in [-0.25, -0.2) is 0 Å². The van der Waals surface area contributed by atoms with Gasteiger partial charge in [0.05, 0.1) is 0 Å². The Hall–Kier alpha value is 0.620. The Kier molecular flexibility index (Phi) is 6.00. The van der Waals surface area contributed by atoms with Crippen LogP contribution in [0.1, 0.15) is 37.0 Å². The van der Waals surface area contributed by atoms with E-state index in [0.717, 1.165) is 24.5 Å². The number of rotatable bonds is 5. The van der Waals surface area contributed by atoms with Crippen molar-refractivity contribution in [2.45, 2.75) is 44.7 Å². The number of nitrogens with zero attached hydrogens (tertiary/aromatic N) is 1. The topological polar surface area (TPSA) is 3.24 Å². The van der Waals surface area contributed by atoms with Crippen LogP contribution in [0, 0.1) is 0 Å². The van der Waals surface area contributed by atoms with Gasteiger partial charge in [-0.15, -0.1) is 11.3 Å². The Morgan fingerprint density at radius 1 is 1.29 bits per heavy atom. The fraction of sp³-hybridized carbons (Fsp3) is 0.692. The average Bonchev–Trinajstić information content (AvgIpc) is 2.76. The maximum Gasteiger partial charge on any atom is 0.0342 e. The molecule has 1 aromatic heterocycles. The molecule has 2 rings (SSSR count). The zero-order valence-electron chi connectivity index (χ0n) is 10.0. The van der Waals surface area contributed by atoms with Crippen LogP contribution in [-0.4, -0.2) is 22.8 Å². The van der Waals surface area contributed by atoms with Gasteiger partial charge in [-0.05, 0) is 40.2 Å². The van der Waals surface area contributed by atoms with Crippen LogP contribution in [0.2, 0.25) is 0 Å². The molecule has 17 heavy (non-hydrogen) atoms. The van der Waals surface area contributed by atoms with E-state index in [1.54, 1.807) is 0 Å². The second-order valence-electron chi connectivity index (χ2n) is 4.64. The third-order valence-corrected chi connectivity index (χ3v) is 5.77. The molecule has 1 heterocycles. The highest BCUT2D eigenvalue weighted by Gasteiger charge is 2.21. The molecule has 0 aromatic carbocycles. The van der Waals surface area contributed by atoms with Crippen molar-refractivity contribution in [3.8, 4) is 0 Å². The highest BCUT2D eigenvalue weighted by molar-refractivity contribution is 9.10. The monoisotopic (exact) mass is 379 g/mol. The minimum atomic E-state index is 0.801. The molecule has 4 heteroatoms. The lowest BCUT2D eigenvalue weighted by molar-refractivity contribution is 0.159. The van der Waals surface area contributed by atoms with Gasteiger partial charge in [0, 0.05) is 33.8 Å². The Balaban J connectivity index is 1.98. The first-order valence-corrected chi connectivity index (χ1v) is 9.12. The molecule has 1 aliphatic rings. The summed E-state index contributed by atoms with van der Waals surface area (Å²) in [5, 5.41) is 3.25. The first kappa shape index (κ1) is 14.0. The Morgan fingerprint density at radius 2 is 2.06 bits per heavy atom. The molecule has 1 aliphatic carbocycles. The summed E-state index contributed by atoms with van der Waals surface area (Å²) >= 11 is 9.10. The summed E-state index contributed by atoms with van der Waals surface area (Å²) in [5.41, 5.74) is 0. The van der Waals surface area contributed by atoms with Gasteiger partial charge < -0.3 is 0 Å². The highest BCUT2D eigenvalue weighted by Crippen LogP contribution is 2.28. The third-order valence-electron chi connectivity index (χ3n) is 3.50. The van der Waals surface area contributed by atoms with Crippen molar-refractivity contribution >= 4 is 43.2 Å². The van der Waals surface area contributed by atoms with Crippen LogP contribution < -0.4 is 0 Å². The fourth-order valence-electron chi connectivity index (χ4n) is 2.57. The lowest BCUT2D eigenvalue weighted by Crippen LogP contribution is -2.37. The zero-order valence-corrected chi connectivity index (χ0v) is 14.0. The van der Waals surface area contributed by atoms with E-state index in [-0.39, 0.29) is 0 Å². The van der Waals surface area contributed by atoms with Crippen molar-refractivity contribution in [3.63, 3.8) is 0 Å². The summed E-state index contributed by atoms with van der Waals surface area (Å²) in [5.74, 6) is 0. The van der Waals surface area contributed by atoms with E-state index < -0.39 is 0 Å². The molecule has 0 aliphatic heterocycles. The van der Waals surface area contributed by atoms with Crippen LogP contribution in [0.25, 0.3) is 0 Å². The van der Waals surface area contributed by atoms with Crippen LogP contribution in [0.4, 0.5) is 0 Å². The summed E-state index contributed by atoms with van der Waals surface area (Å²) in [6.07, 6.45) is 7.03. The number of hydrogen-bond donors (Lipinski definition) is 0. The standard InChI is InChI=1S/C13H19Br2NS/c14-7-8-16(11-4-2-1-3-5-11)10-13-12(15)6-9-17-13/h6,9,11H,1-5,7-8,10H2. The molecule has 0 unspecified atom stereocenters. The van der Waals surface area contributed by atoms with E-state index in [0.29, 0.717) is 0 Å². The molecule has 0 bridgehead atoms. The molecule has 96 valence electrons. The molecule has 0 radical (unpaired) electrons. The number of thiophene rings is 1. The van der Waals surface area contributed by atoms with Crippen LogP contribution in [0.5, 0.6) is 0 Å². The molecule has 1 saturated carbocycles. The van der Waals surface area contributed by atoms with Gasteiger partial charge in [0.2, 0.25) is 0 Å². The summed E-state index contributed by atoms with van der Waals surface area (Å²) in [7, 11) is 0. The first-order valence-electron chi connectivity index (χ1n) is 6.33. The van der Waals surface area contributed by atoms with Crippen LogP contribution in [0.15, 0.2) is 15.9 Å². The van der Waals surface area contributed by atoms with Crippen molar-refractivity contribution < 1.29 is 0 Å². The van der Waals surface area contributed by atoms with E-state index in [1.165, 1.54) is 41.5 Å². The zero-order chi connectivity index (χ0) is 12.1. The van der Waals surface area contributed by atoms with Gasteiger partial charge in [0.25, 0.3) is 0 Å². The largest absolute Gasteiger partial charge is 0.294 e. The SMILES string of the molecule is BrCCN(Cc1sccc1Br)C1CCCCC1. The van der Waals surface area contributed by atoms with Crippen LogP contribution in [0.3, 0.4) is 0 Å². The van der Waals surface area contributed by atoms with E-state index in [4.69, 9.17) is 0 Å². The maximum absolute atomic E-state index is 3.64. The Labute approximate surface area is 125 Å². The van der Waals surface area contributed by atoms with Gasteiger partial charge in [0.15, 0.2) is 0 Å². The van der Waals surface area contributed by atoms with Crippen LogP contribution in [-0.2, 0) is 6.54 Å². The molecular weight excluding hydrogens is 362 g/mol. The number of hydrogen-bond acceptors (Lipinski definition) is 2. The summed E-state index contributed by atoms with van der Waals surface area (Å²) in [4.78, 5) is 4.13. The van der Waals surface area contributed by atoms with Gasteiger partial charge in [-0.1, -0.05) is 35.2 Å². The predicted molar refractivity (Wildman–Crippen MR) is 83.1 cm³/mol. The first-order chi connectivity index (χ1) is 8.31. The fourth-order valence-corrected chi connectivity index (χ4v) is 4.53. The second-order valence-corrected chi connectivity index (χ2v) is 7.29. The average molecular weight is 381 g/mol. The number of halogens is 2. The van der Waals surface area contributed by atoms with Crippen LogP contribution >= 0.6 is 43.2 Å². The smallest absolute Gasteiger partial charge is 0.0342 e. The minimum Gasteiger partial charge on any atom is -0.294 e. The summed E-state index contributed by atoms with van der Waals surface area (Å²) in [6.45, 7) is 2.27. The Bertz CT molecular complexity index is 334. The van der Waals surface area contributed by atoms with Crippen molar-refractivity contribution in [3.05, 3.63) is 20.8 Å². The molecule has 0 saturated heterocycles. The van der Waals surface area contributed by atoms with Crippen molar-refractivity contribution in [2.75, 3.05) is 11.9 Å². The predicted octanol–water partition coefficient (Wildman–Crippen LogP) is 5.04. The molecule has 1 fully saturated rings. The molecule has 0 N–H and O–H groups in total. The summed E-state index contributed by atoms with van der Waals surface area (Å²) < 4.78 is 1.28. The molecule has 0 atom stereocenters. The molecule has 0 amide bonds. The molecule has 1 nitrogen and oxygen atoms in total. The molecule has 1 aromatic rings. The Morgan fingerprint density at radius 3 is 2.65 bits per heavy atom. The van der Waals surface area contributed by atoms with Gasteiger partial charge in [-0.2, -0.15) is 0 Å². The second kappa shape index (κ2) is 7.27. The van der Waals surface area contributed by atoms with Gasteiger partial charge >= 0.3 is 0 Å². The van der Waals surface area contributed by atoms with E-state index in [1.807, 2.05) is 11.3 Å². The minimum absolute atomic E-state index is 0.801. The van der Waals surface area contributed by atoms with E-state index in [9.17, 15) is 0 Å². The molecule has 0 spiro atoms. The number of alkyl halides is 1.